The standard InChI is InChI=1S/C20H32BN5O2/c1-16-6-5-7-18-14-19(21(23-27)28-20(16)18)22-17(2)15-26-12-10-25(11-13-26)9-8-24(3)4/h5-7,19,22H,2,8-15H2,1,3-4H3. The van der Waals surface area contributed by atoms with Crippen molar-refractivity contribution in [3.63, 3.8) is 0 Å². The first kappa shape index (κ1) is 20.8. The van der Waals surface area contributed by atoms with Crippen molar-refractivity contribution in [1.82, 2.24) is 20.0 Å². The topological polar surface area (TPSA) is 60.4 Å². The molecule has 0 radical (unpaired) electrons. The fourth-order valence-corrected chi connectivity index (χ4v) is 3.89. The van der Waals surface area contributed by atoms with E-state index in [0.29, 0.717) is 6.42 Å². The lowest BCUT2D eigenvalue weighted by Crippen LogP contribution is -2.52. The first-order chi connectivity index (χ1) is 13.5. The highest BCUT2D eigenvalue weighted by Crippen LogP contribution is 2.30. The number of aryl methyl sites for hydroxylation is 1. The first-order valence-electron chi connectivity index (χ1n) is 10.1. The lowest BCUT2D eigenvalue weighted by molar-refractivity contribution is 0.131. The van der Waals surface area contributed by atoms with Crippen LogP contribution in [0.4, 0.5) is 0 Å². The van der Waals surface area contributed by atoms with Crippen LogP contribution in [0.25, 0.3) is 0 Å². The van der Waals surface area contributed by atoms with Gasteiger partial charge in [0.15, 0.2) is 0 Å². The van der Waals surface area contributed by atoms with E-state index in [-0.39, 0.29) is 5.94 Å². The number of benzene rings is 1. The van der Waals surface area contributed by atoms with Gasteiger partial charge < -0.3 is 14.9 Å². The fourth-order valence-electron chi connectivity index (χ4n) is 3.89. The summed E-state index contributed by atoms with van der Waals surface area (Å²) in [6.45, 7) is 13.4. The summed E-state index contributed by atoms with van der Waals surface area (Å²) in [5.41, 5.74) is 3.07. The van der Waals surface area contributed by atoms with E-state index >= 15 is 0 Å². The van der Waals surface area contributed by atoms with Gasteiger partial charge in [-0.1, -0.05) is 29.9 Å². The van der Waals surface area contributed by atoms with Gasteiger partial charge in [-0.25, -0.2) is 0 Å². The summed E-state index contributed by atoms with van der Waals surface area (Å²) >= 11 is 0. The van der Waals surface area contributed by atoms with Gasteiger partial charge in [-0.15, -0.1) is 0 Å². The average Bonchev–Trinajstić information content (AvgIpc) is 2.67. The molecule has 3 rings (SSSR count). The molecule has 152 valence electrons. The van der Waals surface area contributed by atoms with Crippen LogP contribution in [0.3, 0.4) is 0 Å². The van der Waals surface area contributed by atoms with Gasteiger partial charge >= 0.3 is 7.05 Å². The molecule has 0 bridgehead atoms. The molecular formula is C20H32BN5O2. The lowest BCUT2D eigenvalue weighted by Gasteiger charge is -2.36. The Hall–Kier alpha value is -1.90. The van der Waals surface area contributed by atoms with Crippen molar-refractivity contribution in [2.75, 3.05) is 59.9 Å². The highest BCUT2D eigenvalue weighted by molar-refractivity contribution is 6.53. The molecule has 0 saturated carbocycles. The van der Waals surface area contributed by atoms with Gasteiger partial charge in [-0.3, -0.25) is 9.80 Å². The van der Waals surface area contributed by atoms with E-state index in [2.05, 4.69) is 45.8 Å². The molecule has 0 amide bonds. The third-order valence-electron chi connectivity index (χ3n) is 5.55. The molecule has 2 heterocycles. The number of nitroso groups, excluding NO2 is 1. The molecule has 28 heavy (non-hydrogen) atoms. The molecule has 1 N–H and O–H groups in total. The zero-order valence-electron chi connectivity index (χ0n) is 17.4. The Kier molecular flexibility index (Phi) is 7.10. The normalized spacial score (nSPS) is 20.6. The Balaban J connectivity index is 1.49. The highest BCUT2D eigenvalue weighted by atomic mass is 16.5. The Morgan fingerprint density at radius 2 is 2.04 bits per heavy atom. The smallest absolute Gasteiger partial charge is 0.537 e. The zero-order chi connectivity index (χ0) is 20.1. The van der Waals surface area contributed by atoms with Crippen molar-refractivity contribution in [2.45, 2.75) is 19.3 Å². The molecule has 1 aromatic rings. The summed E-state index contributed by atoms with van der Waals surface area (Å²) in [6, 6.07) is 6.06. The Morgan fingerprint density at radius 1 is 1.32 bits per heavy atom. The lowest BCUT2D eigenvalue weighted by atomic mass is 9.68. The fraction of sp³-hybridized carbons (Fsp3) is 0.600. The maximum atomic E-state index is 11.3. The number of para-hydroxylation sites is 1. The summed E-state index contributed by atoms with van der Waals surface area (Å²) in [4.78, 5) is 18.5. The summed E-state index contributed by atoms with van der Waals surface area (Å²) in [7, 11) is 3.50. The van der Waals surface area contributed by atoms with Crippen molar-refractivity contribution in [1.29, 1.82) is 0 Å². The number of rotatable bonds is 8. The van der Waals surface area contributed by atoms with Crippen LogP contribution < -0.4 is 9.97 Å². The third-order valence-corrected chi connectivity index (χ3v) is 5.55. The van der Waals surface area contributed by atoms with E-state index in [9.17, 15) is 4.91 Å². The predicted octanol–water partition coefficient (Wildman–Crippen LogP) is 1.37. The van der Waals surface area contributed by atoms with Crippen LogP contribution in [-0.4, -0.2) is 87.6 Å². The van der Waals surface area contributed by atoms with Crippen LogP contribution in [0.5, 0.6) is 5.75 Å². The number of piperazine rings is 1. The van der Waals surface area contributed by atoms with Crippen LogP contribution in [0.15, 0.2) is 35.6 Å². The van der Waals surface area contributed by atoms with Crippen LogP contribution in [0, 0.1) is 11.8 Å². The number of likely N-dealkylation sites (N-methyl/N-ethyl adjacent to an activating group) is 1. The number of fused-ring (bicyclic) bond motifs is 1. The van der Waals surface area contributed by atoms with Crippen LogP contribution >= 0.6 is 0 Å². The maximum Gasteiger partial charge on any atom is 0.570 e. The third kappa shape index (κ3) is 5.34. The Morgan fingerprint density at radius 3 is 2.71 bits per heavy atom. The van der Waals surface area contributed by atoms with Gasteiger partial charge in [0, 0.05) is 51.5 Å². The summed E-state index contributed by atoms with van der Waals surface area (Å²) < 4.78 is 5.87. The molecule has 8 heteroatoms. The van der Waals surface area contributed by atoms with Crippen molar-refractivity contribution < 1.29 is 4.65 Å². The van der Waals surface area contributed by atoms with Crippen molar-refractivity contribution in [3.05, 3.63) is 46.5 Å². The molecule has 0 aromatic heterocycles. The number of hydrogen-bond acceptors (Lipinski definition) is 7. The molecule has 0 spiro atoms. The van der Waals surface area contributed by atoms with Gasteiger partial charge in [-0.05, 0) is 38.6 Å². The summed E-state index contributed by atoms with van der Waals surface area (Å²) in [6.07, 6.45) is 0.713. The maximum absolute atomic E-state index is 11.3. The monoisotopic (exact) mass is 385 g/mol. The number of nitrogens with one attached hydrogen (secondary N) is 1. The van der Waals surface area contributed by atoms with Crippen LogP contribution in [-0.2, 0) is 6.42 Å². The van der Waals surface area contributed by atoms with Gasteiger partial charge in [-0.2, -0.15) is 4.91 Å². The SMILES string of the molecule is C=C(CN1CCN(CCN(C)C)CC1)NC1Cc2cccc(C)c2OB1N=O. The molecule has 1 saturated heterocycles. The van der Waals surface area contributed by atoms with Crippen molar-refractivity contribution in [2.24, 2.45) is 5.09 Å². The second-order valence-electron chi connectivity index (χ2n) is 8.16. The zero-order valence-corrected chi connectivity index (χ0v) is 17.4. The number of nitrogens with zero attached hydrogens (tertiary/aromatic N) is 4. The van der Waals surface area contributed by atoms with Crippen LogP contribution in [0.2, 0.25) is 0 Å². The summed E-state index contributed by atoms with van der Waals surface area (Å²) in [5, 5.41) is 6.62. The quantitative estimate of drug-likeness (QED) is 0.539. The minimum Gasteiger partial charge on any atom is -0.537 e. The van der Waals surface area contributed by atoms with E-state index in [0.717, 1.165) is 68.4 Å². The second kappa shape index (κ2) is 9.54. The molecule has 1 aromatic carbocycles. The average molecular weight is 385 g/mol. The highest BCUT2D eigenvalue weighted by Gasteiger charge is 2.38. The Bertz CT molecular complexity index is 691. The second-order valence-corrected chi connectivity index (χ2v) is 8.16. The minimum atomic E-state index is -0.728. The number of hydrogen-bond donors (Lipinski definition) is 1. The van der Waals surface area contributed by atoms with Crippen molar-refractivity contribution >= 4 is 7.05 Å². The largest absolute Gasteiger partial charge is 0.570 e. The molecule has 2 aliphatic heterocycles. The Labute approximate surface area is 168 Å². The van der Waals surface area contributed by atoms with Gasteiger partial charge in [0.25, 0.3) is 0 Å². The van der Waals surface area contributed by atoms with Gasteiger partial charge in [0.05, 0.1) is 5.94 Å². The van der Waals surface area contributed by atoms with Crippen LogP contribution in [0.1, 0.15) is 11.1 Å². The van der Waals surface area contributed by atoms with E-state index < -0.39 is 7.05 Å². The molecule has 2 aliphatic rings. The molecule has 1 fully saturated rings. The van der Waals surface area contributed by atoms with Gasteiger partial charge in [0.2, 0.25) is 0 Å². The molecule has 1 atom stereocenters. The molecule has 1 unspecified atom stereocenters. The minimum absolute atomic E-state index is 0.180. The first-order valence-corrected chi connectivity index (χ1v) is 10.1. The van der Waals surface area contributed by atoms with Crippen molar-refractivity contribution in [3.8, 4) is 5.75 Å². The van der Waals surface area contributed by atoms with Gasteiger partial charge in [0.1, 0.15) is 5.75 Å². The van der Waals surface area contributed by atoms with E-state index in [4.69, 9.17) is 4.65 Å². The molecular weight excluding hydrogens is 353 g/mol. The van der Waals surface area contributed by atoms with E-state index in [1.54, 1.807) is 0 Å². The summed E-state index contributed by atoms with van der Waals surface area (Å²) in [5.74, 6) is 0.616. The predicted molar refractivity (Wildman–Crippen MR) is 115 cm³/mol. The van der Waals surface area contributed by atoms with E-state index in [1.165, 1.54) is 0 Å². The molecule has 7 nitrogen and oxygen atoms in total. The van der Waals surface area contributed by atoms with E-state index in [1.807, 2.05) is 25.1 Å². The molecule has 0 aliphatic carbocycles.